The van der Waals surface area contributed by atoms with Crippen LogP contribution in [0.3, 0.4) is 0 Å². The second kappa shape index (κ2) is 6.85. The van der Waals surface area contributed by atoms with E-state index in [1.54, 1.807) is 25.3 Å². The summed E-state index contributed by atoms with van der Waals surface area (Å²) in [6.45, 7) is 3.91. The van der Waals surface area contributed by atoms with Crippen molar-refractivity contribution in [3.8, 4) is 23.8 Å². The third-order valence-corrected chi connectivity index (χ3v) is 3.48. The van der Waals surface area contributed by atoms with Gasteiger partial charge in [-0.25, -0.2) is 0 Å². The molecule has 0 radical (unpaired) electrons. The van der Waals surface area contributed by atoms with Gasteiger partial charge in [0.25, 0.3) is 5.91 Å². The Labute approximate surface area is 120 Å². The second-order valence-electron chi connectivity index (χ2n) is 4.46. The number of amides is 1. The zero-order valence-electron chi connectivity index (χ0n) is 12.4. The summed E-state index contributed by atoms with van der Waals surface area (Å²) in [5.41, 5.74) is -0.117. The molecule has 0 saturated carbocycles. The molecule has 0 aliphatic carbocycles. The highest BCUT2D eigenvalue weighted by Gasteiger charge is 2.26. The van der Waals surface area contributed by atoms with E-state index in [0.717, 1.165) is 0 Å². The molecule has 0 atom stereocenters. The van der Waals surface area contributed by atoms with Gasteiger partial charge in [-0.1, -0.05) is 19.8 Å². The molecule has 20 heavy (non-hydrogen) atoms. The Morgan fingerprint density at radius 3 is 2.30 bits per heavy atom. The Morgan fingerprint density at radius 2 is 1.85 bits per heavy atom. The third-order valence-electron chi connectivity index (χ3n) is 3.48. The zero-order chi connectivity index (χ0) is 15.2. The molecule has 108 valence electrons. The van der Waals surface area contributed by atoms with Gasteiger partial charge in [0, 0.05) is 5.56 Å². The maximum atomic E-state index is 12.3. The Morgan fingerprint density at radius 1 is 1.25 bits per heavy atom. The number of terminal acetylenes is 1. The van der Waals surface area contributed by atoms with Gasteiger partial charge in [0.15, 0.2) is 11.5 Å². The first kappa shape index (κ1) is 15.9. The summed E-state index contributed by atoms with van der Waals surface area (Å²) in [6, 6.07) is 5.02. The molecule has 4 nitrogen and oxygen atoms in total. The number of methoxy groups -OCH3 is 2. The third kappa shape index (κ3) is 3.24. The maximum absolute atomic E-state index is 12.3. The van der Waals surface area contributed by atoms with E-state index in [1.807, 2.05) is 13.8 Å². The number of carbonyl (C=O) groups excluding carboxylic acids is 1. The van der Waals surface area contributed by atoms with Crippen molar-refractivity contribution in [2.45, 2.75) is 32.2 Å². The van der Waals surface area contributed by atoms with Crippen LogP contribution in [0.15, 0.2) is 18.2 Å². The predicted molar refractivity (Wildman–Crippen MR) is 79.2 cm³/mol. The van der Waals surface area contributed by atoms with Gasteiger partial charge < -0.3 is 14.8 Å². The molecular formula is C16H21NO3. The van der Waals surface area contributed by atoms with E-state index in [1.165, 1.54) is 7.11 Å². The molecule has 1 amide bonds. The van der Waals surface area contributed by atoms with Gasteiger partial charge in [-0.15, -0.1) is 6.42 Å². The minimum Gasteiger partial charge on any atom is -0.493 e. The average molecular weight is 275 g/mol. The smallest absolute Gasteiger partial charge is 0.252 e. The van der Waals surface area contributed by atoms with Crippen LogP contribution in [-0.2, 0) is 0 Å². The van der Waals surface area contributed by atoms with E-state index in [2.05, 4.69) is 11.2 Å². The topological polar surface area (TPSA) is 47.6 Å². The monoisotopic (exact) mass is 275 g/mol. The lowest BCUT2D eigenvalue weighted by molar-refractivity contribution is 0.0916. The summed E-state index contributed by atoms with van der Waals surface area (Å²) in [5.74, 6) is 3.56. The number of rotatable bonds is 6. The van der Waals surface area contributed by atoms with E-state index in [-0.39, 0.29) is 5.91 Å². The minimum atomic E-state index is -0.607. The molecular weight excluding hydrogens is 254 g/mol. The molecule has 0 fully saturated rings. The number of carbonyl (C=O) groups is 1. The number of benzene rings is 1. The van der Waals surface area contributed by atoms with Gasteiger partial charge >= 0.3 is 0 Å². The number of hydrogen-bond donors (Lipinski definition) is 1. The highest BCUT2D eigenvalue weighted by Crippen LogP contribution is 2.27. The molecule has 4 heteroatoms. The van der Waals surface area contributed by atoms with Crippen LogP contribution in [0.4, 0.5) is 0 Å². The van der Waals surface area contributed by atoms with Gasteiger partial charge in [0.2, 0.25) is 0 Å². The Bertz CT molecular complexity index is 513. The Kier molecular flexibility index (Phi) is 5.45. The SMILES string of the molecule is C#CC(CC)(CC)NC(=O)c1ccc(OC)c(OC)c1. The fourth-order valence-corrected chi connectivity index (χ4v) is 1.93. The van der Waals surface area contributed by atoms with Crippen molar-refractivity contribution in [3.63, 3.8) is 0 Å². The first-order valence-corrected chi connectivity index (χ1v) is 6.58. The molecule has 1 aromatic carbocycles. The molecule has 0 saturated heterocycles. The first-order chi connectivity index (χ1) is 9.55. The van der Waals surface area contributed by atoms with E-state index < -0.39 is 5.54 Å². The summed E-state index contributed by atoms with van der Waals surface area (Å²) in [4.78, 5) is 12.3. The van der Waals surface area contributed by atoms with Crippen molar-refractivity contribution < 1.29 is 14.3 Å². The first-order valence-electron chi connectivity index (χ1n) is 6.58. The molecule has 0 unspecified atom stereocenters. The average Bonchev–Trinajstić information content (AvgIpc) is 2.51. The van der Waals surface area contributed by atoms with Crippen molar-refractivity contribution in [3.05, 3.63) is 23.8 Å². The number of hydrogen-bond acceptors (Lipinski definition) is 3. The maximum Gasteiger partial charge on any atom is 0.252 e. The molecule has 0 heterocycles. The standard InChI is InChI=1S/C16H21NO3/c1-6-16(7-2,8-3)17-15(18)12-9-10-13(19-4)14(11-12)20-5/h1,9-11H,7-8H2,2-5H3,(H,17,18). The molecule has 0 aromatic heterocycles. The van der Waals surface area contributed by atoms with E-state index in [4.69, 9.17) is 15.9 Å². The van der Waals surface area contributed by atoms with Gasteiger partial charge in [-0.3, -0.25) is 4.79 Å². The lowest BCUT2D eigenvalue weighted by Gasteiger charge is -2.27. The summed E-state index contributed by atoms with van der Waals surface area (Å²) in [5, 5.41) is 2.91. The van der Waals surface area contributed by atoms with Crippen LogP contribution in [0, 0.1) is 12.3 Å². The predicted octanol–water partition coefficient (Wildman–Crippen LogP) is 2.63. The molecule has 0 bridgehead atoms. The number of ether oxygens (including phenoxy) is 2. The van der Waals surface area contributed by atoms with Crippen molar-refractivity contribution in [1.29, 1.82) is 0 Å². The molecule has 1 rings (SSSR count). The highest BCUT2D eigenvalue weighted by atomic mass is 16.5. The molecule has 1 aromatic rings. The fraction of sp³-hybridized carbons (Fsp3) is 0.438. The van der Waals surface area contributed by atoms with Gasteiger partial charge in [-0.2, -0.15) is 0 Å². The molecule has 0 aliphatic heterocycles. The molecule has 1 N–H and O–H groups in total. The zero-order valence-corrected chi connectivity index (χ0v) is 12.4. The van der Waals surface area contributed by atoms with E-state index >= 15 is 0 Å². The largest absolute Gasteiger partial charge is 0.493 e. The van der Waals surface area contributed by atoms with Crippen LogP contribution in [0.1, 0.15) is 37.0 Å². The van der Waals surface area contributed by atoms with Gasteiger partial charge in [0.05, 0.1) is 14.2 Å². The highest BCUT2D eigenvalue weighted by molar-refractivity contribution is 5.95. The van der Waals surface area contributed by atoms with Crippen molar-refractivity contribution in [1.82, 2.24) is 5.32 Å². The summed E-state index contributed by atoms with van der Waals surface area (Å²) < 4.78 is 10.3. The van der Waals surface area contributed by atoms with E-state index in [0.29, 0.717) is 29.9 Å². The quantitative estimate of drug-likeness (QED) is 0.812. The van der Waals surface area contributed by atoms with Crippen LogP contribution in [-0.4, -0.2) is 25.7 Å². The summed E-state index contributed by atoms with van der Waals surface area (Å²) in [7, 11) is 3.08. The van der Waals surface area contributed by atoms with Crippen molar-refractivity contribution in [2.75, 3.05) is 14.2 Å². The van der Waals surface area contributed by atoms with Gasteiger partial charge in [0.1, 0.15) is 5.54 Å². The van der Waals surface area contributed by atoms with Crippen LogP contribution < -0.4 is 14.8 Å². The van der Waals surface area contributed by atoms with E-state index in [9.17, 15) is 4.79 Å². The van der Waals surface area contributed by atoms with Crippen molar-refractivity contribution >= 4 is 5.91 Å². The fourth-order valence-electron chi connectivity index (χ4n) is 1.93. The second-order valence-corrected chi connectivity index (χ2v) is 4.46. The lowest BCUT2D eigenvalue weighted by atomic mass is 9.93. The van der Waals surface area contributed by atoms with Crippen LogP contribution in [0.2, 0.25) is 0 Å². The molecule has 0 aliphatic rings. The molecule has 0 spiro atoms. The van der Waals surface area contributed by atoms with Crippen LogP contribution >= 0.6 is 0 Å². The van der Waals surface area contributed by atoms with Crippen LogP contribution in [0.5, 0.6) is 11.5 Å². The van der Waals surface area contributed by atoms with Crippen molar-refractivity contribution in [2.24, 2.45) is 0 Å². The normalized spacial score (nSPS) is 10.6. The Balaban J connectivity index is 3.01. The van der Waals surface area contributed by atoms with Gasteiger partial charge in [-0.05, 0) is 31.0 Å². The lowest BCUT2D eigenvalue weighted by Crippen LogP contribution is -2.46. The number of nitrogens with one attached hydrogen (secondary N) is 1. The summed E-state index contributed by atoms with van der Waals surface area (Å²) in [6.07, 6.45) is 6.91. The summed E-state index contributed by atoms with van der Waals surface area (Å²) >= 11 is 0. The minimum absolute atomic E-state index is 0.215. The van der Waals surface area contributed by atoms with Crippen LogP contribution in [0.25, 0.3) is 0 Å². The Hall–Kier alpha value is -2.15.